The van der Waals surface area contributed by atoms with Gasteiger partial charge in [-0.15, -0.1) is 0 Å². The molecule has 0 spiro atoms. The first-order chi connectivity index (χ1) is 13.6. The smallest absolute Gasteiger partial charge is 0.255 e. The molecule has 1 aliphatic rings. The fraction of sp³-hybridized carbons (Fsp3) is 0.273. The maximum Gasteiger partial charge on any atom is 0.255 e. The van der Waals surface area contributed by atoms with Gasteiger partial charge in [-0.2, -0.15) is 0 Å². The van der Waals surface area contributed by atoms with E-state index in [1.165, 1.54) is 0 Å². The lowest BCUT2D eigenvalue weighted by Gasteiger charge is -2.34. The van der Waals surface area contributed by atoms with Crippen molar-refractivity contribution in [3.05, 3.63) is 65.9 Å². The van der Waals surface area contributed by atoms with Crippen molar-refractivity contribution >= 4 is 22.7 Å². The van der Waals surface area contributed by atoms with Crippen molar-refractivity contribution in [3.63, 3.8) is 0 Å². The molecule has 28 heavy (non-hydrogen) atoms. The predicted molar refractivity (Wildman–Crippen MR) is 107 cm³/mol. The molecule has 144 valence electrons. The number of amides is 2. The van der Waals surface area contributed by atoms with Crippen LogP contribution in [0.5, 0.6) is 5.75 Å². The Labute approximate surface area is 163 Å². The van der Waals surface area contributed by atoms with Gasteiger partial charge in [-0.05, 0) is 35.9 Å². The molecule has 2 heterocycles. The van der Waals surface area contributed by atoms with Gasteiger partial charge in [0, 0.05) is 49.3 Å². The Hall–Kier alpha value is -3.28. The number of methoxy groups -OCH3 is 1. The number of hydrogen-bond acceptors (Lipinski definition) is 3. The van der Waals surface area contributed by atoms with Crippen LogP contribution in [0, 0.1) is 0 Å². The maximum absolute atomic E-state index is 13.0. The van der Waals surface area contributed by atoms with E-state index >= 15 is 0 Å². The zero-order valence-electron chi connectivity index (χ0n) is 16.1. The minimum Gasteiger partial charge on any atom is -0.497 e. The molecule has 1 aliphatic heterocycles. The van der Waals surface area contributed by atoms with E-state index in [1.54, 1.807) is 16.9 Å². The van der Waals surface area contributed by atoms with Gasteiger partial charge in [0.25, 0.3) is 5.91 Å². The zero-order valence-corrected chi connectivity index (χ0v) is 16.1. The quantitative estimate of drug-likeness (QED) is 0.702. The molecule has 0 saturated carbocycles. The van der Waals surface area contributed by atoms with Crippen molar-refractivity contribution in [2.75, 3.05) is 26.7 Å². The first-order valence-corrected chi connectivity index (χ1v) is 9.31. The number of ether oxygens (including phenoxy) is 1. The summed E-state index contributed by atoms with van der Waals surface area (Å²) in [5.41, 5.74) is 2.67. The van der Waals surface area contributed by atoms with Gasteiger partial charge in [-0.3, -0.25) is 9.59 Å². The number of nitrogens with zero attached hydrogens (tertiary/aromatic N) is 3. The fourth-order valence-corrected chi connectivity index (χ4v) is 3.70. The summed E-state index contributed by atoms with van der Waals surface area (Å²) in [6.07, 6.45) is 1.94. The van der Waals surface area contributed by atoms with E-state index in [-0.39, 0.29) is 18.4 Å². The number of benzene rings is 2. The Balaban J connectivity index is 1.47. The van der Waals surface area contributed by atoms with Crippen LogP contribution in [0.2, 0.25) is 0 Å². The molecule has 0 aliphatic carbocycles. The monoisotopic (exact) mass is 377 g/mol. The van der Waals surface area contributed by atoms with E-state index in [9.17, 15) is 9.59 Å². The second-order valence-electron chi connectivity index (χ2n) is 7.06. The van der Waals surface area contributed by atoms with E-state index in [4.69, 9.17) is 4.74 Å². The van der Waals surface area contributed by atoms with E-state index in [2.05, 4.69) is 0 Å². The molecule has 1 saturated heterocycles. The fourth-order valence-electron chi connectivity index (χ4n) is 3.70. The van der Waals surface area contributed by atoms with E-state index in [0.29, 0.717) is 25.2 Å². The summed E-state index contributed by atoms with van der Waals surface area (Å²) in [7, 11) is 3.58. The number of aryl methyl sites for hydroxylation is 1. The molecule has 6 nitrogen and oxygen atoms in total. The van der Waals surface area contributed by atoms with Gasteiger partial charge >= 0.3 is 0 Å². The Morgan fingerprint density at radius 1 is 1.11 bits per heavy atom. The number of aromatic nitrogens is 1. The van der Waals surface area contributed by atoms with Crippen LogP contribution in [-0.2, 0) is 18.4 Å². The van der Waals surface area contributed by atoms with E-state index < -0.39 is 0 Å². The molecule has 2 aromatic carbocycles. The van der Waals surface area contributed by atoms with E-state index in [0.717, 1.165) is 22.2 Å². The Bertz CT molecular complexity index is 1040. The number of piperazine rings is 1. The highest BCUT2D eigenvalue weighted by Crippen LogP contribution is 2.22. The average Bonchev–Trinajstić information content (AvgIpc) is 3.10. The normalized spacial score (nSPS) is 14.6. The number of carbonyl (C=O) groups is 2. The molecule has 2 amide bonds. The Kier molecular flexibility index (Phi) is 4.77. The molecule has 0 unspecified atom stereocenters. The third-order valence-corrected chi connectivity index (χ3v) is 5.27. The standard InChI is InChI=1S/C22H23N3O3/c1-23-10-9-18-19(7-4-8-20(18)23)22(27)25-12-11-24(21(26)15-25)14-16-5-3-6-17(13-16)28-2/h3-10,13H,11-12,14-15H2,1-2H3. The highest BCUT2D eigenvalue weighted by Gasteiger charge is 2.28. The van der Waals surface area contributed by atoms with Gasteiger partial charge in [0.15, 0.2) is 0 Å². The third-order valence-electron chi connectivity index (χ3n) is 5.27. The summed E-state index contributed by atoms with van der Waals surface area (Å²) in [4.78, 5) is 29.1. The second kappa shape index (κ2) is 7.38. The van der Waals surface area contributed by atoms with Crippen LogP contribution in [0.1, 0.15) is 15.9 Å². The lowest BCUT2D eigenvalue weighted by molar-refractivity contribution is -0.135. The number of carbonyl (C=O) groups excluding carboxylic acids is 2. The lowest BCUT2D eigenvalue weighted by Crippen LogP contribution is -2.51. The molecule has 0 N–H and O–H groups in total. The summed E-state index contributed by atoms with van der Waals surface area (Å²) in [6, 6.07) is 15.4. The Morgan fingerprint density at radius 2 is 1.93 bits per heavy atom. The van der Waals surface area contributed by atoms with Crippen LogP contribution in [0.15, 0.2) is 54.7 Å². The molecule has 3 aromatic rings. The maximum atomic E-state index is 13.0. The number of fused-ring (bicyclic) bond motifs is 1. The summed E-state index contributed by atoms with van der Waals surface area (Å²) < 4.78 is 7.24. The molecular formula is C22H23N3O3. The molecule has 0 radical (unpaired) electrons. The van der Waals surface area contributed by atoms with Crippen molar-refractivity contribution in [1.29, 1.82) is 0 Å². The molecule has 0 bridgehead atoms. The van der Waals surface area contributed by atoms with E-state index in [1.807, 2.05) is 66.3 Å². The van der Waals surface area contributed by atoms with Gasteiger partial charge < -0.3 is 19.1 Å². The van der Waals surface area contributed by atoms with Crippen LogP contribution in [0.4, 0.5) is 0 Å². The minimum absolute atomic E-state index is 0.0392. The van der Waals surface area contributed by atoms with Crippen LogP contribution in [-0.4, -0.2) is 52.9 Å². The van der Waals surface area contributed by atoms with Crippen LogP contribution >= 0.6 is 0 Å². The first kappa shape index (κ1) is 18.1. The molecule has 0 atom stereocenters. The average molecular weight is 377 g/mol. The molecule has 1 fully saturated rings. The number of rotatable bonds is 4. The highest BCUT2D eigenvalue weighted by molar-refractivity contribution is 6.07. The van der Waals surface area contributed by atoms with Gasteiger partial charge in [0.1, 0.15) is 12.3 Å². The Morgan fingerprint density at radius 3 is 2.71 bits per heavy atom. The van der Waals surface area contributed by atoms with Crippen LogP contribution < -0.4 is 4.74 Å². The summed E-state index contributed by atoms with van der Waals surface area (Å²) in [5.74, 6) is 0.642. The van der Waals surface area contributed by atoms with Gasteiger partial charge in [0.2, 0.25) is 5.91 Å². The second-order valence-corrected chi connectivity index (χ2v) is 7.06. The van der Waals surface area contributed by atoms with Gasteiger partial charge in [0.05, 0.1) is 7.11 Å². The molecular weight excluding hydrogens is 354 g/mol. The summed E-state index contributed by atoms with van der Waals surface area (Å²) in [6.45, 7) is 1.67. The van der Waals surface area contributed by atoms with Crippen molar-refractivity contribution in [2.24, 2.45) is 7.05 Å². The third kappa shape index (κ3) is 3.33. The van der Waals surface area contributed by atoms with Crippen molar-refractivity contribution in [2.45, 2.75) is 6.54 Å². The largest absolute Gasteiger partial charge is 0.497 e. The lowest BCUT2D eigenvalue weighted by atomic mass is 10.1. The van der Waals surface area contributed by atoms with Crippen molar-refractivity contribution in [3.8, 4) is 5.75 Å². The topological polar surface area (TPSA) is 54.8 Å². The van der Waals surface area contributed by atoms with Crippen LogP contribution in [0.25, 0.3) is 10.9 Å². The summed E-state index contributed by atoms with van der Waals surface area (Å²) >= 11 is 0. The molecule has 4 rings (SSSR count). The zero-order chi connectivity index (χ0) is 19.7. The van der Waals surface area contributed by atoms with Crippen molar-refractivity contribution in [1.82, 2.24) is 14.4 Å². The SMILES string of the molecule is COc1cccc(CN2CCN(C(=O)c3cccc4c3ccn4C)CC2=O)c1. The highest BCUT2D eigenvalue weighted by atomic mass is 16.5. The first-order valence-electron chi connectivity index (χ1n) is 9.31. The predicted octanol–water partition coefficient (Wildman–Crippen LogP) is 2.67. The molecule has 1 aromatic heterocycles. The van der Waals surface area contributed by atoms with Gasteiger partial charge in [-0.25, -0.2) is 0 Å². The van der Waals surface area contributed by atoms with Crippen molar-refractivity contribution < 1.29 is 14.3 Å². The minimum atomic E-state index is -0.0915. The molecule has 6 heteroatoms. The van der Waals surface area contributed by atoms with Crippen LogP contribution in [0.3, 0.4) is 0 Å². The number of hydrogen-bond donors (Lipinski definition) is 0. The van der Waals surface area contributed by atoms with Gasteiger partial charge in [-0.1, -0.05) is 18.2 Å². The summed E-state index contributed by atoms with van der Waals surface area (Å²) in [5, 5.41) is 0.918.